The van der Waals surface area contributed by atoms with E-state index in [9.17, 15) is 4.79 Å². The Labute approximate surface area is 117 Å². The second kappa shape index (κ2) is 7.04. The van der Waals surface area contributed by atoms with Gasteiger partial charge in [0.25, 0.3) is 0 Å². The number of ether oxygens (including phenoxy) is 1. The number of hydrogen-bond acceptors (Lipinski definition) is 4. The number of carbonyl (C=O) groups is 1. The summed E-state index contributed by atoms with van der Waals surface area (Å²) in [6, 6.07) is 14.9. The number of nitrogens with one attached hydrogen (secondary N) is 1. The van der Waals surface area contributed by atoms with Gasteiger partial charge < -0.3 is 4.74 Å². The number of aromatic nitrogens is 1. The Morgan fingerprint density at radius 3 is 2.65 bits per heavy atom. The number of hydrazone groups is 1. The Morgan fingerprint density at radius 1 is 1.20 bits per heavy atom. The topological polar surface area (TPSA) is 63.6 Å². The largest absolute Gasteiger partial charge is 0.443 e. The molecule has 1 amide bonds. The number of benzene rings is 1. The maximum atomic E-state index is 11.5. The van der Waals surface area contributed by atoms with E-state index in [1.807, 2.05) is 48.5 Å². The fourth-order valence-electron chi connectivity index (χ4n) is 1.52. The molecule has 0 saturated carbocycles. The molecule has 0 spiro atoms. The van der Waals surface area contributed by atoms with Crippen LogP contribution in [0.1, 0.15) is 18.2 Å². The minimum Gasteiger partial charge on any atom is -0.443 e. The average Bonchev–Trinajstić information content (AvgIpc) is 2.52. The Morgan fingerprint density at radius 2 is 1.95 bits per heavy atom. The van der Waals surface area contributed by atoms with E-state index in [-0.39, 0.29) is 6.61 Å². The number of amides is 1. The van der Waals surface area contributed by atoms with E-state index in [4.69, 9.17) is 4.74 Å². The van der Waals surface area contributed by atoms with Gasteiger partial charge in [-0.2, -0.15) is 5.10 Å². The van der Waals surface area contributed by atoms with Crippen molar-refractivity contribution in [1.82, 2.24) is 10.4 Å². The predicted octanol–water partition coefficient (Wildman–Crippen LogP) is 2.73. The Bertz CT molecular complexity index is 583. The van der Waals surface area contributed by atoms with Crippen LogP contribution in [0.3, 0.4) is 0 Å². The summed E-state index contributed by atoms with van der Waals surface area (Å²) >= 11 is 0. The minimum absolute atomic E-state index is 0.213. The minimum atomic E-state index is -0.593. The van der Waals surface area contributed by atoms with Gasteiger partial charge in [-0.15, -0.1) is 0 Å². The first-order valence-electron chi connectivity index (χ1n) is 6.18. The summed E-state index contributed by atoms with van der Waals surface area (Å²) in [5, 5.41) is 3.94. The van der Waals surface area contributed by atoms with Crippen molar-refractivity contribution in [2.24, 2.45) is 5.10 Å². The normalized spacial score (nSPS) is 10.9. The Balaban J connectivity index is 1.83. The lowest BCUT2D eigenvalue weighted by Gasteiger charge is -2.04. The summed E-state index contributed by atoms with van der Waals surface area (Å²) in [6.07, 6.45) is 1.08. The lowest BCUT2D eigenvalue weighted by molar-refractivity contribution is 0.140. The van der Waals surface area contributed by atoms with Crippen molar-refractivity contribution < 1.29 is 9.53 Å². The number of hydrogen-bond donors (Lipinski definition) is 1. The molecule has 2 aromatic rings. The van der Waals surface area contributed by atoms with Crippen LogP contribution in [0.15, 0.2) is 59.8 Å². The first-order valence-corrected chi connectivity index (χ1v) is 6.18. The van der Waals surface area contributed by atoms with E-state index in [1.165, 1.54) is 0 Å². The molecule has 1 aromatic carbocycles. The molecule has 0 saturated heterocycles. The van der Waals surface area contributed by atoms with Crippen LogP contribution >= 0.6 is 0 Å². The third kappa shape index (κ3) is 4.20. The molecule has 0 aliphatic rings. The van der Waals surface area contributed by atoms with Crippen LogP contribution in [0.4, 0.5) is 4.79 Å². The predicted molar refractivity (Wildman–Crippen MR) is 76.2 cm³/mol. The molecule has 102 valence electrons. The van der Waals surface area contributed by atoms with Crippen LogP contribution in [0.2, 0.25) is 0 Å². The zero-order chi connectivity index (χ0) is 14.2. The fraction of sp³-hybridized carbons (Fsp3) is 0.133. The van der Waals surface area contributed by atoms with Gasteiger partial charge in [0.2, 0.25) is 0 Å². The standard InChI is InChI=1S/C15H15N3O2/c1-12(14-9-5-6-10-16-14)17-18-15(19)20-11-13-7-3-2-4-8-13/h2-10H,11H2,1H3,(H,18,19)/b17-12+. The molecule has 2 rings (SSSR count). The molecule has 0 unspecified atom stereocenters. The first-order chi connectivity index (χ1) is 9.75. The molecule has 0 fully saturated rings. The molecule has 0 aliphatic heterocycles. The summed E-state index contributed by atoms with van der Waals surface area (Å²) in [6.45, 7) is 1.98. The van der Waals surface area contributed by atoms with Crippen LogP contribution in [0.5, 0.6) is 0 Å². The Hall–Kier alpha value is -2.69. The van der Waals surface area contributed by atoms with Crippen molar-refractivity contribution in [2.75, 3.05) is 0 Å². The highest BCUT2D eigenvalue weighted by atomic mass is 16.5. The lowest BCUT2D eigenvalue weighted by atomic mass is 10.2. The highest BCUT2D eigenvalue weighted by Crippen LogP contribution is 2.00. The number of pyridine rings is 1. The van der Waals surface area contributed by atoms with E-state index in [0.29, 0.717) is 11.4 Å². The van der Waals surface area contributed by atoms with Gasteiger partial charge in [-0.25, -0.2) is 10.2 Å². The van der Waals surface area contributed by atoms with Gasteiger partial charge in [-0.3, -0.25) is 4.98 Å². The van der Waals surface area contributed by atoms with Crippen molar-refractivity contribution in [3.8, 4) is 0 Å². The zero-order valence-electron chi connectivity index (χ0n) is 11.1. The molecule has 5 heteroatoms. The van der Waals surface area contributed by atoms with Crippen molar-refractivity contribution >= 4 is 11.8 Å². The Kier molecular flexibility index (Phi) is 4.83. The quantitative estimate of drug-likeness (QED) is 0.685. The molecule has 0 atom stereocenters. The highest BCUT2D eigenvalue weighted by Gasteiger charge is 2.02. The molecule has 1 heterocycles. The smallest absolute Gasteiger partial charge is 0.428 e. The molecule has 1 N–H and O–H groups in total. The van der Waals surface area contributed by atoms with Gasteiger partial charge in [0.05, 0.1) is 11.4 Å². The zero-order valence-corrected chi connectivity index (χ0v) is 11.1. The maximum absolute atomic E-state index is 11.5. The third-order valence-corrected chi connectivity index (χ3v) is 2.56. The maximum Gasteiger partial charge on any atom is 0.428 e. The van der Waals surface area contributed by atoms with Gasteiger partial charge in [0.15, 0.2) is 0 Å². The molecular weight excluding hydrogens is 254 g/mol. The molecule has 0 bridgehead atoms. The van der Waals surface area contributed by atoms with E-state index < -0.39 is 6.09 Å². The van der Waals surface area contributed by atoms with Gasteiger partial charge in [-0.05, 0) is 24.6 Å². The molecule has 5 nitrogen and oxygen atoms in total. The lowest BCUT2D eigenvalue weighted by Crippen LogP contribution is -2.20. The average molecular weight is 269 g/mol. The molecule has 0 aliphatic carbocycles. The fourth-order valence-corrected chi connectivity index (χ4v) is 1.52. The van der Waals surface area contributed by atoms with Gasteiger partial charge in [0, 0.05) is 6.20 Å². The molecular formula is C15H15N3O2. The number of nitrogens with zero attached hydrogens (tertiary/aromatic N) is 2. The van der Waals surface area contributed by atoms with Crippen molar-refractivity contribution in [3.63, 3.8) is 0 Å². The number of rotatable bonds is 4. The summed E-state index contributed by atoms with van der Waals surface area (Å²) < 4.78 is 5.04. The van der Waals surface area contributed by atoms with Crippen LogP contribution in [-0.4, -0.2) is 16.8 Å². The third-order valence-electron chi connectivity index (χ3n) is 2.56. The van der Waals surface area contributed by atoms with Crippen LogP contribution in [0.25, 0.3) is 0 Å². The van der Waals surface area contributed by atoms with Crippen molar-refractivity contribution in [2.45, 2.75) is 13.5 Å². The SMILES string of the molecule is C/C(=N\NC(=O)OCc1ccccc1)c1ccccn1. The highest BCUT2D eigenvalue weighted by molar-refractivity contribution is 5.97. The second-order valence-corrected chi connectivity index (χ2v) is 4.09. The van der Waals surface area contributed by atoms with E-state index in [2.05, 4.69) is 15.5 Å². The summed E-state index contributed by atoms with van der Waals surface area (Å²) in [5.41, 5.74) is 4.58. The summed E-state index contributed by atoms with van der Waals surface area (Å²) in [4.78, 5) is 15.6. The van der Waals surface area contributed by atoms with Crippen molar-refractivity contribution in [3.05, 3.63) is 66.0 Å². The van der Waals surface area contributed by atoms with Gasteiger partial charge >= 0.3 is 6.09 Å². The summed E-state index contributed by atoms with van der Waals surface area (Å²) in [5.74, 6) is 0. The van der Waals surface area contributed by atoms with Crippen LogP contribution < -0.4 is 5.43 Å². The number of carbonyl (C=O) groups excluding carboxylic acids is 1. The summed E-state index contributed by atoms with van der Waals surface area (Å²) in [7, 11) is 0. The second-order valence-electron chi connectivity index (χ2n) is 4.09. The van der Waals surface area contributed by atoms with Crippen LogP contribution in [0, 0.1) is 0 Å². The van der Waals surface area contributed by atoms with E-state index in [0.717, 1.165) is 5.56 Å². The van der Waals surface area contributed by atoms with Gasteiger partial charge in [0.1, 0.15) is 6.61 Å². The van der Waals surface area contributed by atoms with E-state index in [1.54, 1.807) is 13.1 Å². The van der Waals surface area contributed by atoms with Gasteiger partial charge in [-0.1, -0.05) is 36.4 Å². The van der Waals surface area contributed by atoms with Crippen molar-refractivity contribution in [1.29, 1.82) is 0 Å². The van der Waals surface area contributed by atoms with Crippen LogP contribution in [-0.2, 0) is 11.3 Å². The molecule has 1 aromatic heterocycles. The van der Waals surface area contributed by atoms with E-state index >= 15 is 0 Å². The molecule has 20 heavy (non-hydrogen) atoms. The molecule has 0 radical (unpaired) electrons. The first kappa shape index (κ1) is 13.7. The monoisotopic (exact) mass is 269 g/mol.